The maximum atomic E-state index is 14.3. The molecule has 3 rings (SSSR count). The third kappa shape index (κ3) is 10.3. The summed E-state index contributed by atoms with van der Waals surface area (Å²) in [6.07, 6.45) is 1.57. The number of methoxy groups -OCH3 is 2. The Bertz CT molecular complexity index is 1310. The van der Waals surface area contributed by atoms with Crippen LogP contribution in [0.25, 0.3) is 0 Å². The van der Waals surface area contributed by atoms with Crippen LogP contribution in [0.3, 0.4) is 0 Å². The molecule has 0 saturated heterocycles. The van der Waals surface area contributed by atoms with Gasteiger partial charge in [-0.3, -0.25) is 29.4 Å². The minimum atomic E-state index is -0.615. The molecule has 2 atom stereocenters. The normalized spacial score (nSPS) is 19.2. The average molecular weight is 661 g/mol. The van der Waals surface area contributed by atoms with E-state index in [0.29, 0.717) is 24.5 Å². The molecule has 1 aliphatic rings. The minimum absolute atomic E-state index is 0.0477. The number of carbonyl (C=O) groups excluding carboxylic acids is 2. The minimum Gasteiger partial charge on any atom is -0.496 e. The molecule has 0 aliphatic heterocycles. The van der Waals surface area contributed by atoms with Gasteiger partial charge in [0.25, 0.3) is 0 Å². The Kier molecular flexibility index (Phi) is 14.5. The molecule has 1 aliphatic carbocycles. The number of carbonyl (C=O) groups is 2. The molecule has 2 aromatic rings. The van der Waals surface area contributed by atoms with Crippen molar-refractivity contribution in [3.05, 3.63) is 59.7 Å². The Morgan fingerprint density at radius 2 is 0.979 bits per heavy atom. The highest BCUT2D eigenvalue weighted by Crippen LogP contribution is 2.40. The third-order valence-corrected chi connectivity index (χ3v) is 9.20. The van der Waals surface area contributed by atoms with E-state index in [1.165, 1.54) is 0 Å². The zero-order chi connectivity index (χ0) is 35.5. The molecule has 0 N–H and O–H groups in total. The lowest BCUT2D eigenvalue weighted by molar-refractivity contribution is -0.124. The lowest BCUT2D eigenvalue weighted by Crippen LogP contribution is -2.56. The first-order valence-electron chi connectivity index (χ1n) is 17.6. The van der Waals surface area contributed by atoms with E-state index >= 15 is 0 Å². The van der Waals surface area contributed by atoms with E-state index < -0.39 is 22.7 Å². The highest BCUT2D eigenvalue weighted by molar-refractivity contribution is 6.63. The van der Waals surface area contributed by atoms with Crippen molar-refractivity contribution in [1.82, 2.24) is 9.80 Å². The Hall–Kier alpha value is -3.36. The number of aliphatic imine (C=N–C) groups is 2. The summed E-state index contributed by atoms with van der Waals surface area (Å²) in [5.41, 5.74) is 2.20. The van der Waals surface area contributed by atoms with Gasteiger partial charge >= 0.3 is 0 Å². The molecular formula is C40H60N4O4. The number of ketones is 2. The largest absolute Gasteiger partial charge is 0.496 e. The number of para-hydroxylation sites is 2. The number of benzene rings is 2. The van der Waals surface area contributed by atoms with E-state index in [2.05, 4.69) is 35.8 Å². The monoisotopic (exact) mass is 660 g/mol. The second kappa shape index (κ2) is 17.9. The lowest BCUT2D eigenvalue weighted by atomic mass is 9.61. The van der Waals surface area contributed by atoms with Gasteiger partial charge in [0.2, 0.25) is 0 Å². The number of Topliss-reactive ketones (excluding diaryl/α,β-unsaturated/α-hetero) is 2. The van der Waals surface area contributed by atoms with Crippen LogP contribution in [0.5, 0.6) is 11.5 Å². The summed E-state index contributed by atoms with van der Waals surface area (Å²) in [7, 11) is 3.40. The van der Waals surface area contributed by atoms with Gasteiger partial charge in [-0.15, -0.1) is 0 Å². The molecule has 48 heavy (non-hydrogen) atoms. The zero-order valence-corrected chi connectivity index (χ0v) is 31.3. The second-order valence-corrected chi connectivity index (χ2v) is 14.9. The van der Waals surface area contributed by atoms with Crippen molar-refractivity contribution in [2.45, 2.75) is 81.3 Å². The van der Waals surface area contributed by atoms with Crippen LogP contribution in [0.2, 0.25) is 0 Å². The number of hydrogen-bond donors (Lipinski definition) is 0. The van der Waals surface area contributed by atoms with Gasteiger partial charge in [-0.25, -0.2) is 0 Å². The summed E-state index contributed by atoms with van der Waals surface area (Å²) >= 11 is 0. The van der Waals surface area contributed by atoms with E-state index in [1.807, 2.05) is 77.9 Å². The van der Waals surface area contributed by atoms with Crippen LogP contribution in [0.1, 0.15) is 79.4 Å². The second-order valence-electron chi connectivity index (χ2n) is 14.9. The van der Waals surface area contributed by atoms with Crippen LogP contribution >= 0.6 is 0 Å². The summed E-state index contributed by atoms with van der Waals surface area (Å²) in [4.78, 5) is 43.2. The van der Waals surface area contributed by atoms with Crippen molar-refractivity contribution in [3.63, 3.8) is 0 Å². The van der Waals surface area contributed by atoms with E-state index in [0.717, 1.165) is 74.7 Å². The van der Waals surface area contributed by atoms with Gasteiger partial charge < -0.3 is 9.47 Å². The summed E-state index contributed by atoms with van der Waals surface area (Å²) in [6, 6.07) is 16.2. The Morgan fingerprint density at radius 3 is 1.29 bits per heavy atom. The van der Waals surface area contributed by atoms with Crippen molar-refractivity contribution in [2.75, 3.05) is 53.5 Å². The SMILES string of the molecule is CCN(CCCN=C1C(=O)C(C(C)(C)C)C(=NCCCN(CC)Cc2ccccc2OC)C(=O)C1C(C)(C)C)Cc1ccccc1OC. The van der Waals surface area contributed by atoms with E-state index in [1.54, 1.807) is 14.2 Å². The average Bonchev–Trinajstić information content (AvgIpc) is 3.04. The molecule has 0 bridgehead atoms. The standard InChI is InChI=1S/C40H60N4O4/c1-11-43(27-29-19-13-15-21-31(29)47-9)25-17-23-41-35-33(39(3,4)5)38(46)36(34(37(35)45)40(6,7)8)42-24-18-26-44(12-2)28-30-20-14-16-22-32(30)48-10/h13-16,19-22,33-34H,11-12,17-18,23-28H2,1-10H3. The highest BCUT2D eigenvalue weighted by Gasteiger charge is 2.52. The predicted octanol–water partition coefficient (Wildman–Crippen LogP) is 7.19. The topological polar surface area (TPSA) is 83.8 Å². The fourth-order valence-electron chi connectivity index (χ4n) is 6.61. The van der Waals surface area contributed by atoms with E-state index in [-0.39, 0.29) is 11.6 Å². The van der Waals surface area contributed by atoms with Crippen molar-refractivity contribution in [1.29, 1.82) is 0 Å². The summed E-state index contributed by atoms with van der Waals surface area (Å²) in [6.45, 7) is 22.4. The smallest absolute Gasteiger partial charge is 0.187 e. The van der Waals surface area contributed by atoms with Gasteiger partial charge in [-0.05, 0) is 48.9 Å². The maximum Gasteiger partial charge on any atom is 0.187 e. The summed E-state index contributed by atoms with van der Waals surface area (Å²) < 4.78 is 11.1. The molecule has 264 valence electrons. The molecule has 0 heterocycles. The number of nitrogens with zero attached hydrogens (tertiary/aromatic N) is 4. The molecule has 0 amide bonds. The molecule has 2 unspecified atom stereocenters. The molecule has 0 aromatic heterocycles. The number of hydrogen-bond acceptors (Lipinski definition) is 8. The van der Waals surface area contributed by atoms with Crippen LogP contribution in [0.15, 0.2) is 58.5 Å². The predicted molar refractivity (Wildman–Crippen MR) is 198 cm³/mol. The van der Waals surface area contributed by atoms with E-state index in [4.69, 9.17) is 19.5 Å². The summed E-state index contributed by atoms with van der Waals surface area (Å²) in [5, 5.41) is 0. The fraction of sp³-hybridized carbons (Fsp3) is 0.600. The lowest BCUT2D eigenvalue weighted by Gasteiger charge is -2.41. The van der Waals surface area contributed by atoms with Crippen LogP contribution in [-0.4, -0.2) is 86.3 Å². The Morgan fingerprint density at radius 1 is 0.625 bits per heavy atom. The maximum absolute atomic E-state index is 14.3. The van der Waals surface area contributed by atoms with Gasteiger partial charge in [-0.1, -0.05) is 91.8 Å². The molecule has 2 aromatic carbocycles. The zero-order valence-electron chi connectivity index (χ0n) is 31.3. The highest BCUT2D eigenvalue weighted by atomic mass is 16.5. The van der Waals surface area contributed by atoms with Crippen LogP contribution < -0.4 is 9.47 Å². The van der Waals surface area contributed by atoms with Crippen molar-refractivity contribution >= 4 is 23.0 Å². The number of ether oxygens (including phenoxy) is 2. The van der Waals surface area contributed by atoms with Gasteiger partial charge in [0.05, 0.1) is 37.5 Å². The van der Waals surface area contributed by atoms with Crippen molar-refractivity contribution < 1.29 is 19.1 Å². The first-order valence-corrected chi connectivity index (χ1v) is 17.6. The quantitative estimate of drug-likeness (QED) is 0.177. The molecule has 0 radical (unpaired) electrons. The van der Waals surface area contributed by atoms with Gasteiger partial charge in [-0.2, -0.15) is 0 Å². The first kappa shape index (κ1) is 39.1. The first-order chi connectivity index (χ1) is 22.8. The van der Waals surface area contributed by atoms with Crippen LogP contribution in [0, 0.1) is 22.7 Å². The van der Waals surface area contributed by atoms with Gasteiger partial charge in [0, 0.05) is 50.4 Å². The van der Waals surface area contributed by atoms with Crippen molar-refractivity contribution in [2.24, 2.45) is 32.7 Å². The molecular weight excluding hydrogens is 600 g/mol. The molecule has 8 nitrogen and oxygen atoms in total. The van der Waals surface area contributed by atoms with Gasteiger partial charge in [0.15, 0.2) is 11.6 Å². The summed E-state index contributed by atoms with van der Waals surface area (Å²) in [5.74, 6) is 0.447. The Balaban J connectivity index is 1.75. The molecule has 1 saturated carbocycles. The van der Waals surface area contributed by atoms with Crippen LogP contribution in [0.4, 0.5) is 0 Å². The van der Waals surface area contributed by atoms with Gasteiger partial charge in [0.1, 0.15) is 11.5 Å². The van der Waals surface area contributed by atoms with Crippen molar-refractivity contribution in [3.8, 4) is 11.5 Å². The Labute approximate surface area is 290 Å². The number of rotatable bonds is 16. The van der Waals surface area contributed by atoms with Crippen LogP contribution in [-0.2, 0) is 22.7 Å². The molecule has 8 heteroatoms. The molecule has 0 spiro atoms. The van der Waals surface area contributed by atoms with E-state index in [9.17, 15) is 9.59 Å². The third-order valence-electron chi connectivity index (χ3n) is 9.20. The fourth-order valence-corrected chi connectivity index (χ4v) is 6.61. The molecule has 1 fully saturated rings.